The first-order chi connectivity index (χ1) is 15.4. The maximum absolute atomic E-state index is 14.2. The number of aromatic carboxylic acids is 1. The molecule has 1 aromatic carbocycles. The number of aromatic nitrogens is 2. The Hall–Kier alpha value is -2.82. The average Bonchev–Trinajstić information content (AvgIpc) is 3.11. The van der Waals surface area contributed by atoms with Gasteiger partial charge in [-0.3, -0.25) is 4.90 Å². The number of carboxylic acid groups (broad SMARTS) is 1. The monoisotopic (exact) mass is 460 g/mol. The molecule has 1 saturated heterocycles. The number of methoxy groups -OCH3 is 1. The number of hydrogen-bond donors (Lipinski definition) is 2. The van der Waals surface area contributed by atoms with Crippen molar-refractivity contribution in [2.75, 3.05) is 38.7 Å². The third kappa shape index (κ3) is 4.52. The smallest absolute Gasteiger partial charge is 0.346 e. The molecule has 0 unspecified atom stereocenters. The van der Waals surface area contributed by atoms with E-state index in [-0.39, 0.29) is 16.7 Å². The number of aryl methyl sites for hydroxylation is 1. The molecule has 1 atom stereocenters. The molecule has 2 aromatic heterocycles. The second-order valence-electron chi connectivity index (χ2n) is 7.68. The lowest BCUT2D eigenvalue weighted by Crippen LogP contribution is -2.36. The minimum absolute atomic E-state index is 0.179. The lowest BCUT2D eigenvalue weighted by molar-refractivity contribution is 0.0331. The lowest BCUT2D eigenvalue weighted by atomic mass is 10.1. The zero-order valence-electron chi connectivity index (χ0n) is 18.1. The van der Waals surface area contributed by atoms with Gasteiger partial charge in [0.25, 0.3) is 0 Å². The highest BCUT2D eigenvalue weighted by Crippen LogP contribution is 2.35. The van der Waals surface area contributed by atoms with Crippen LogP contribution in [0.15, 0.2) is 18.2 Å². The van der Waals surface area contributed by atoms with Gasteiger partial charge in [0.05, 0.1) is 38.3 Å². The summed E-state index contributed by atoms with van der Waals surface area (Å²) in [7, 11) is 1.42. The fraction of sp³-hybridized carbons (Fsp3) is 0.409. The molecule has 170 valence electrons. The molecule has 0 aliphatic carbocycles. The topological polar surface area (TPSA) is 96.8 Å². The molecule has 3 aromatic rings. The maximum Gasteiger partial charge on any atom is 0.346 e. The highest BCUT2D eigenvalue weighted by atomic mass is 32.1. The number of nitrogens with one attached hydrogen (secondary N) is 1. The van der Waals surface area contributed by atoms with Crippen molar-refractivity contribution >= 4 is 33.3 Å². The van der Waals surface area contributed by atoms with Crippen LogP contribution < -0.4 is 10.1 Å². The molecule has 10 heteroatoms. The molecule has 4 rings (SSSR count). The van der Waals surface area contributed by atoms with Crippen LogP contribution in [0.2, 0.25) is 0 Å². The van der Waals surface area contributed by atoms with Crippen LogP contribution >= 0.6 is 11.3 Å². The highest BCUT2D eigenvalue weighted by molar-refractivity contribution is 7.20. The van der Waals surface area contributed by atoms with E-state index in [9.17, 15) is 14.3 Å². The molecule has 8 nitrogen and oxygen atoms in total. The number of benzene rings is 1. The standard InChI is InChI=1S/C22H25FN4O4S/c1-12-18-20(24-13(2)14-4-5-16(30-3)15(23)10-14)25-17(11-27-6-8-31-9-7-27)26-21(18)32-19(12)22(28)29/h4-5,10,13H,6-9,11H2,1-3H3,(H,28,29)(H,24,25,26)/t13-/m0/s1. The number of thiophene rings is 1. The Kier molecular flexibility index (Phi) is 6.54. The first-order valence-electron chi connectivity index (χ1n) is 10.3. The molecule has 1 fully saturated rings. The number of fused-ring (bicyclic) bond motifs is 1. The summed E-state index contributed by atoms with van der Waals surface area (Å²) in [5.41, 5.74) is 1.34. The highest BCUT2D eigenvalue weighted by Gasteiger charge is 2.22. The van der Waals surface area contributed by atoms with E-state index in [4.69, 9.17) is 14.5 Å². The molecule has 1 aliphatic heterocycles. The molecule has 0 amide bonds. The summed E-state index contributed by atoms with van der Waals surface area (Å²) in [6.07, 6.45) is 0. The van der Waals surface area contributed by atoms with Gasteiger partial charge in [0.2, 0.25) is 0 Å². The first kappa shape index (κ1) is 22.4. The van der Waals surface area contributed by atoms with Gasteiger partial charge in [-0.05, 0) is 37.1 Å². The van der Waals surface area contributed by atoms with E-state index < -0.39 is 11.8 Å². The molecular weight excluding hydrogens is 435 g/mol. The Balaban J connectivity index is 1.71. The Morgan fingerprint density at radius 3 is 2.78 bits per heavy atom. The molecule has 1 aliphatic rings. The van der Waals surface area contributed by atoms with Crippen molar-refractivity contribution in [3.63, 3.8) is 0 Å². The predicted molar refractivity (Wildman–Crippen MR) is 120 cm³/mol. The van der Waals surface area contributed by atoms with Gasteiger partial charge >= 0.3 is 5.97 Å². The molecule has 0 radical (unpaired) electrons. The number of hydrogen-bond acceptors (Lipinski definition) is 8. The quantitative estimate of drug-likeness (QED) is 0.549. The van der Waals surface area contributed by atoms with E-state index in [1.54, 1.807) is 19.1 Å². The number of ether oxygens (including phenoxy) is 2. The fourth-order valence-corrected chi connectivity index (χ4v) is 4.80. The zero-order chi connectivity index (χ0) is 22.8. The minimum Gasteiger partial charge on any atom is -0.494 e. The first-order valence-corrected chi connectivity index (χ1v) is 11.1. The van der Waals surface area contributed by atoms with Crippen LogP contribution in [0.1, 0.15) is 39.6 Å². The Morgan fingerprint density at radius 2 is 2.12 bits per heavy atom. The molecule has 32 heavy (non-hydrogen) atoms. The van der Waals surface area contributed by atoms with E-state index in [1.165, 1.54) is 13.2 Å². The van der Waals surface area contributed by atoms with Gasteiger partial charge in [-0.1, -0.05) is 6.07 Å². The normalized spacial score (nSPS) is 15.6. The van der Waals surface area contributed by atoms with Crippen molar-refractivity contribution in [2.45, 2.75) is 26.4 Å². The summed E-state index contributed by atoms with van der Waals surface area (Å²) in [4.78, 5) is 24.2. The van der Waals surface area contributed by atoms with Crippen LogP contribution in [-0.4, -0.2) is 59.4 Å². The van der Waals surface area contributed by atoms with Gasteiger partial charge in [0.1, 0.15) is 21.3 Å². The summed E-state index contributed by atoms with van der Waals surface area (Å²) in [5.74, 6) is -0.106. The molecule has 0 saturated carbocycles. The Bertz CT molecular complexity index is 1150. The van der Waals surface area contributed by atoms with Crippen molar-refractivity contribution in [1.29, 1.82) is 0 Å². The average molecular weight is 461 g/mol. The summed E-state index contributed by atoms with van der Waals surface area (Å²) in [6.45, 7) is 7.10. The maximum atomic E-state index is 14.2. The van der Waals surface area contributed by atoms with Gasteiger partial charge in [0.15, 0.2) is 11.6 Å². The third-order valence-corrected chi connectivity index (χ3v) is 6.70. The molecule has 2 N–H and O–H groups in total. The van der Waals surface area contributed by atoms with Crippen molar-refractivity contribution in [2.24, 2.45) is 0 Å². The zero-order valence-corrected chi connectivity index (χ0v) is 19.0. The van der Waals surface area contributed by atoms with Crippen LogP contribution in [0.5, 0.6) is 5.75 Å². The minimum atomic E-state index is -0.989. The van der Waals surface area contributed by atoms with Crippen molar-refractivity contribution in [3.8, 4) is 5.75 Å². The predicted octanol–water partition coefficient (Wildman–Crippen LogP) is 3.85. The van der Waals surface area contributed by atoms with Crippen LogP contribution in [0.3, 0.4) is 0 Å². The van der Waals surface area contributed by atoms with Crippen LogP contribution in [0.4, 0.5) is 10.2 Å². The SMILES string of the molecule is COc1ccc([C@H](C)Nc2nc(CN3CCOCC3)nc3sc(C(=O)O)c(C)c23)cc1F. The van der Waals surface area contributed by atoms with Crippen molar-refractivity contribution in [1.82, 2.24) is 14.9 Å². The third-order valence-electron chi connectivity index (χ3n) is 5.53. The summed E-state index contributed by atoms with van der Waals surface area (Å²) >= 11 is 1.14. The van der Waals surface area contributed by atoms with Crippen molar-refractivity contribution in [3.05, 3.63) is 45.8 Å². The number of carboxylic acids is 1. The summed E-state index contributed by atoms with van der Waals surface area (Å²) in [5, 5.41) is 13.6. The number of carbonyl (C=O) groups is 1. The van der Waals surface area contributed by atoms with E-state index >= 15 is 0 Å². The van der Waals surface area contributed by atoms with Crippen LogP contribution in [-0.2, 0) is 11.3 Å². The van der Waals surface area contributed by atoms with Gasteiger partial charge in [-0.25, -0.2) is 19.2 Å². The second kappa shape index (κ2) is 9.35. The summed E-state index contributed by atoms with van der Waals surface area (Å²) < 4.78 is 24.6. The molecule has 3 heterocycles. The second-order valence-corrected chi connectivity index (χ2v) is 8.68. The van der Waals surface area contributed by atoms with Gasteiger partial charge in [-0.15, -0.1) is 11.3 Å². The molecule has 0 bridgehead atoms. The van der Waals surface area contributed by atoms with Gasteiger partial charge < -0.3 is 19.9 Å². The molecular formula is C22H25FN4O4S. The fourth-order valence-electron chi connectivity index (χ4n) is 3.76. The number of nitrogens with zero attached hydrogens (tertiary/aromatic N) is 3. The van der Waals surface area contributed by atoms with Gasteiger partial charge in [0, 0.05) is 13.1 Å². The van der Waals surface area contributed by atoms with Crippen LogP contribution in [0.25, 0.3) is 10.2 Å². The van der Waals surface area contributed by atoms with E-state index in [2.05, 4.69) is 15.2 Å². The largest absolute Gasteiger partial charge is 0.494 e. The number of rotatable bonds is 7. The van der Waals surface area contributed by atoms with Crippen LogP contribution in [0, 0.1) is 12.7 Å². The Labute approximate surface area is 189 Å². The van der Waals surface area contributed by atoms with Crippen molar-refractivity contribution < 1.29 is 23.8 Å². The number of morpholine rings is 1. The Morgan fingerprint density at radius 1 is 1.38 bits per heavy atom. The van der Waals surface area contributed by atoms with Gasteiger partial charge in [-0.2, -0.15) is 0 Å². The van der Waals surface area contributed by atoms with E-state index in [0.717, 1.165) is 30.0 Å². The molecule has 0 spiro atoms. The van der Waals surface area contributed by atoms with E-state index in [0.29, 0.717) is 47.2 Å². The van der Waals surface area contributed by atoms with E-state index in [1.807, 2.05) is 6.92 Å². The summed E-state index contributed by atoms with van der Waals surface area (Å²) in [6, 6.07) is 4.51. The lowest BCUT2D eigenvalue weighted by Gasteiger charge is -2.26. The number of anilines is 1. The number of halogens is 1.